The summed E-state index contributed by atoms with van der Waals surface area (Å²) >= 11 is 1.77. The van der Waals surface area contributed by atoms with Crippen molar-refractivity contribution in [1.29, 1.82) is 0 Å². The number of nitrogens with zero attached hydrogens (tertiary/aromatic N) is 1. The molecule has 10 aromatic rings. The van der Waals surface area contributed by atoms with Gasteiger partial charge in [0.1, 0.15) is 22.3 Å². The number of fused-ring (bicyclic) bond motifs is 14. The molecule has 11 rings (SSSR count). The lowest BCUT2D eigenvalue weighted by Crippen LogP contribution is -2.41. The van der Waals surface area contributed by atoms with Gasteiger partial charge in [0.25, 0.3) is 0 Å². The molecule has 0 atom stereocenters. The van der Waals surface area contributed by atoms with E-state index in [4.69, 9.17) is 18.1 Å². The molecule has 1 aliphatic rings. The van der Waals surface area contributed by atoms with Gasteiger partial charge in [-0.3, -0.25) is 0 Å². The van der Waals surface area contributed by atoms with Crippen molar-refractivity contribution in [3.05, 3.63) is 109 Å². The Labute approximate surface area is 285 Å². The van der Waals surface area contributed by atoms with Gasteiger partial charge in [-0.15, -0.1) is 11.3 Å². The Morgan fingerprint density at radius 2 is 1.14 bits per heavy atom. The third-order valence-corrected chi connectivity index (χ3v) is 12.3. The van der Waals surface area contributed by atoms with Gasteiger partial charge in [0.05, 0.1) is 27.6 Å². The van der Waals surface area contributed by atoms with Gasteiger partial charge in [-0.1, -0.05) is 54.6 Å². The third-order valence-electron chi connectivity index (χ3n) is 11.0. The zero-order chi connectivity index (χ0) is 32.8. The minimum absolute atomic E-state index is 0.484. The van der Waals surface area contributed by atoms with Crippen LogP contribution < -0.4 is 5.46 Å². The van der Waals surface area contributed by atoms with Crippen molar-refractivity contribution in [3.63, 3.8) is 0 Å². The Bertz CT molecular complexity index is 3010. The lowest BCUT2D eigenvalue weighted by Gasteiger charge is -2.32. The molecule has 0 amide bonds. The molecule has 1 saturated heterocycles. The van der Waals surface area contributed by atoms with E-state index in [2.05, 4.69) is 117 Å². The molecule has 5 heterocycles. The second-order valence-corrected chi connectivity index (χ2v) is 15.4. The maximum absolute atomic E-state index is 6.77. The van der Waals surface area contributed by atoms with Gasteiger partial charge in [0.15, 0.2) is 0 Å². The maximum atomic E-state index is 6.77. The smallest absolute Gasteiger partial charge is 0.455 e. The van der Waals surface area contributed by atoms with Crippen molar-refractivity contribution in [2.45, 2.75) is 38.9 Å². The predicted octanol–water partition coefficient (Wildman–Crippen LogP) is 11.2. The summed E-state index contributed by atoms with van der Waals surface area (Å²) in [4.78, 5) is 0. The first-order valence-corrected chi connectivity index (χ1v) is 17.6. The molecule has 1 fully saturated rings. The largest absolute Gasteiger partial charge is 0.496 e. The zero-order valence-electron chi connectivity index (χ0n) is 27.5. The van der Waals surface area contributed by atoms with E-state index in [0.717, 1.165) is 92.3 Å². The molecular formula is C42H30BNO4S. The summed E-state index contributed by atoms with van der Waals surface area (Å²) in [6, 6.07) is 38.7. The van der Waals surface area contributed by atoms with Crippen LogP contribution in [0.5, 0.6) is 0 Å². The number of hydrogen-bond donors (Lipinski definition) is 0. The van der Waals surface area contributed by atoms with Crippen LogP contribution in [-0.4, -0.2) is 22.9 Å². The Morgan fingerprint density at radius 3 is 1.84 bits per heavy atom. The molecule has 7 heteroatoms. The van der Waals surface area contributed by atoms with Gasteiger partial charge < -0.3 is 22.7 Å². The Hall–Kier alpha value is -5.08. The van der Waals surface area contributed by atoms with Crippen molar-refractivity contribution in [3.8, 4) is 5.69 Å². The lowest BCUT2D eigenvalue weighted by atomic mass is 9.78. The number of hydrogen-bond acceptors (Lipinski definition) is 5. The molecular weight excluding hydrogens is 625 g/mol. The summed E-state index contributed by atoms with van der Waals surface area (Å²) in [5.74, 6) is 0. The van der Waals surface area contributed by atoms with Crippen LogP contribution >= 0.6 is 11.3 Å². The number of furan rings is 2. The monoisotopic (exact) mass is 655 g/mol. The van der Waals surface area contributed by atoms with Crippen LogP contribution in [0.3, 0.4) is 0 Å². The molecule has 236 valence electrons. The number of aromatic nitrogens is 1. The number of rotatable bonds is 2. The first-order valence-electron chi connectivity index (χ1n) is 16.8. The summed E-state index contributed by atoms with van der Waals surface area (Å²) in [6.07, 6.45) is 0. The zero-order valence-corrected chi connectivity index (χ0v) is 28.3. The van der Waals surface area contributed by atoms with Crippen molar-refractivity contribution in [1.82, 2.24) is 4.57 Å². The molecule has 6 aromatic carbocycles. The molecule has 4 aromatic heterocycles. The van der Waals surface area contributed by atoms with Gasteiger partial charge >= 0.3 is 7.12 Å². The fourth-order valence-electron chi connectivity index (χ4n) is 7.94. The minimum Gasteiger partial charge on any atom is -0.455 e. The number of benzene rings is 6. The lowest BCUT2D eigenvalue weighted by molar-refractivity contribution is 0.00578. The highest BCUT2D eigenvalue weighted by Crippen LogP contribution is 2.45. The third kappa shape index (κ3) is 3.62. The first kappa shape index (κ1) is 27.8. The summed E-state index contributed by atoms with van der Waals surface area (Å²) in [7, 11) is -0.540. The van der Waals surface area contributed by atoms with E-state index in [-0.39, 0.29) is 0 Å². The molecule has 0 radical (unpaired) electrons. The first-order chi connectivity index (χ1) is 23.8. The van der Waals surface area contributed by atoms with Gasteiger partial charge in [-0.05, 0) is 82.3 Å². The van der Waals surface area contributed by atoms with Gasteiger partial charge in [-0.2, -0.15) is 0 Å². The average molecular weight is 656 g/mol. The van der Waals surface area contributed by atoms with E-state index in [1.165, 1.54) is 4.70 Å². The molecule has 0 unspecified atom stereocenters. The summed E-state index contributed by atoms with van der Waals surface area (Å²) < 4.78 is 31.5. The summed E-state index contributed by atoms with van der Waals surface area (Å²) in [6.45, 7) is 8.45. The Morgan fingerprint density at radius 1 is 0.551 bits per heavy atom. The fraction of sp³-hybridized carbons (Fsp3) is 0.143. The summed E-state index contributed by atoms with van der Waals surface area (Å²) in [5, 5.41) is 8.99. The predicted molar refractivity (Wildman–Crippen MR) is 204 cm³/mol. The average Bonchev–Trinajstić information content (AvgIpc) is 3.88. The van der Waals surface area contributed by atoms with E-state index in [0.29, 0.717) is 0 Å². The van der Waals surface area contributed by atoms with E-state index in [1.807, 2.05) is 24.3 Å². The topological polar surface area (TPSA) is 49.7 Å². The van der Waals surface area contributed by atoms with Crippen molar-refractivity contribution in [2.24, 2.45) is 0 Å². The maximum Gasteiger partial charge on any atom is 0.496 e. The fourth-order valence-corrected chi connectivity index (χ4v) is 9.15. The Kier molecular flexibility index (Phi) is 5.30. The van der Waals surface area contributed by atoms with E-state index >= 15 is 0 Å². The highest BCUT2D eigenvalue weighted by atomic mass is 32.1. The molecule has 0 aliphatic carbocycles. The molecule has 0 bridgehead atoms. The van der Waals surface area contributed by atoms with Crippen LogP contribution in [-0.2, 0) is 9.31 Å². The molecule has 49 heavy (non-hydrogen) atoms. The SMILES string of the molecule is CC1(C)OB(c2cc(-n3c4ccccc4c4c5oc6ccccc6c5ccc43)cc3c2sc2ccc4c5ccccc5oc4c23)OC1(C)C. The molecule has 5 nitrogen and oxygen atoms in total. The van der Waals surface area contributed by atoms with Crippen LogP contribution in [0.4, 0.5) is 0 Å². The van der Waals surface area contributed by atoms with Crippen LogP contribution in [0.15, 0.2) is 118 Å². The van der Waals surface area contributed by atoms with Crippen molar-refractivity contribution >= 4 is 110 Å². The van der Waals surface area contributed by atoms with Crippen LogP contribution in [0, 0.1) is 0 Å². The second kappa shape index (κ2) is 9.33. The van der Waals surface area contributed by atoms with E-state index < -0.39 is 18.3 Å². The summed E-state index contributed by atoms with van der Waals surface area (Å²) in [5.41, 5.74) is 6.89. The van der Waals surface area contributed by atoms with Crippen LogP contribution in [0.2, 0.25) is 0 Å². The second-order valence-electron chi connectivity index (χ2n) is 14.3. The van der Waals surface area contributed by atoms with Crippen molar-refractivity contribution in [2.75, 3.05) is 0 Å². The van der Waals surface area contributed by atoms with Crippen LogP contribution in [0.25, 0.3) is 91.5 Å². The standard InChI is InChI=1S/C42H30BNO4S/c1-41(2)42(3,4)48-43(47-41)30-22-23(21-29-37-35(49-40(29)30)20-18-27-25-12-7-10-16-34(25)46-39(27)37)44-31-14-8-5-13-28(31)36-32(44)19-17-26-24-11-6-9-15-33(24)45-38(26)36/h5-22H,1-4H3. The number of para-hydroxylation sites is 3. The highest BCUT2D eigenvalue weighted by molar-refractivity contribution is 7.27. The number of thiophene rings is 1. The quantitative estimate of drug-likeness (QED) is 0.174. The minimum atomic E-state index is -0.540. The molecule has 0 N–H and O–H groups in total. The molecule has 0 saturated carbocycles. The normalized spacial score (nSPS) is 16.3. The molecule has 1 aliphatic heterocycles. The van der Waals surface area contributed by atoms with E-state index in [1.54, 1.807) is 11.3 Å². The molecule has 0 spiro atoms. The van der Waals surface area contributed by atoms with Gasteiger partial charge in [0, 0.05) is 58.3 Å². The van der Waals surface area contributed by atoms with E-state index in [9.17, 15) is 0 Å². The van der Waals surface area contributed by atoms with Gasteiger partial charge in [-0.25, -0.2) is 0 Å². The van der Waals surface area contributed by atoms with Crippen molar-refractivity contribution < 1.29 is 18.1 Å². The van der Waals surface area contributed by atoms with Crippen LogP contribution in [0.1, 0.15) is 27.7 Å². The highest BCUT2D eigenvalue weighted by Gasteiger charge is 2.52. The Balaban J connectivity index is 1.28. The van der Waals surface area contributed by atoms with Gasteiger partial charge in [0.2, 0.25) is 0 Å².